The number of halogens is 1. The summed E-state index contributed by atoms with van der Waals surface area (Å²) in [6.45, 7) is 0.510. The predicted molar refractivity (Wildman–Crippen MR) is 113 cm³/mol. The second kappa shape index (κ2) is 9.80. The highest BCUT2D eigenvalue weighted by Gasteiger charge is 2.31. The largest absolute Gasteiger partial charge is 0.496 e. The Morgan fingerprint density at radius 3 is 2.55 bits per heavy atom. The van der Waals surface area contributed by atoms with Crippen molar-refractivity contribution in [2.75, 3.05) is 13.7 Å². The highest BCUT2D eigenvalue weighted by molar-refractivity contribution is 8.15. The van der Waals surface area contributed by atoms with Crippen molar-refractivity contribution in [3.8, 4) is 5.75 Å². The molecule has 3 rings (SSSR count). The Hall–Kier alpha value is -2.51. The molecule has 1 heterocycles. The number of thioether (sulfide) groups is 1. The summed E-state index contributed by atoms with van der Waals surface area (Å²) >= 11 is 7.03. The van der Waals surface area contributed by atoms with Gasteiger partial charge in [0.2, 0.25) is 11.8 Å². The van der Waals surface area contributed by atoms with Gasteiger partial charge in [-0.05, 0) is 42.2 Å². The number of amides is 3. The monoisotopic (exact) mass is 432 g/mol. The van der Waals surface area contributed by atoms with Crippen LogP contribution in [0.1, 0.15) is 16.7 Å². The van der Waals surface area contributed by atoms with Crippen molar-refractivity contribution in [2.24, 2.45) is 0 Å². The van der Waals surface area contributed by atoms with E-state index in [-0.39, 0.29) is 28.7 Å². The average Bonchev–Trinajstić information content (AvgIpc) is 3.00. The fourth-order valence-corrected chi connectivity index (χ4v) is 4.11. The summed E-state index contributed by atoms with van der Waals surface area (Å²) < 4.78 is 5.26. The van der Waals surface area contributed by atoms with E-state index in [0.29, 0.717) is 30.2 Å². The third kappa shape index (κ3) is 5.98. The molecule has 2 aromatic rings. The second-order valence-electron chi connectivity index (χ2n) is 6.64. The SMILES string of the molecule is COc1ccc(Cl)cc1CC(=O)NCCc1ccc(C[C@H]2SC(=O)NC2=O)cc1. The molecule has 0 radical (unpaired) electrons. The summed E-state index contributed by atoms with van der Waals surface area (Å²) in [4.78, 5) is 35.1. The molecular formula is C21H21ClN2O4S. The van der Waals surface area contributed by atoms with Gasteiger partial charge in [0.15, 0.2) is 0 Å². The topological polar surface area (TPSA) is 84.5 Å². The number of methoxy groups -OCH3 is 1. The van der Waals surface area contributed by atoms with Crippen molar-refractivity contribution in [2.45, 2.75) is 24.5 Å². The van der Waals surface area contributed by atoms with Crippen LogP contribution in [0.5, 0.6) is 5.75 Å². The lowest BCUT2D eigenvalue weighted by Crippen LogP contribution is -2.27. The van der Waals surface area contributed by atoms with E-state index >= 15 is 0 Å². The molecule has 1 saturated heterocycles. The van der Waals surface area contributed by atoms with Crippen molar-refractivity contribution >= 4 is 40.4 Å². The Bertz CT molecular complexity index is 917. The van der Waals surface area contributed by atoms with E-state index in [0.717, 1.165) is 28.5 Å². The van der Waals surface area contributed by atoms with Crippen LogP contribution in [0.3, 0.4) is 0 Å². The smallest absolute Gasteiger partial charge is 0.286 e. The van der Waals surface area contributed by atoms with Gasteiger partial charge in [0.1, 0.15) is 5.75 Å². The predicted octanol–water partition coefficient (Wildman–Crippen LogP) is 3.14. The normalized spacial score (nSPS) is 15.9. The first-order chi connectivity index (χ1) is 13.9. The molecule has 0 unspecified atom stereocenters. The molecule has 29 heavy (non-hydrogen) atoms. The number of rotatable bonds is 8. The lowest BCUT2D eigenvalue weighted by molar-refractivity contribution is -0.120. The molecule has 0 saturated carbocycles. The summed E-state index contributed by atoms with van der Waals surface area (Å²) in [5, 5.41) is 5.11. The molecule has 0 bridgehead atoms. The number of hydrogen-bond acceptors (Lipinski definition) is 5. The zero-order valence-electron chi connectivity index (χ0n) is 15.9. The first-order valence-electron chi connectivity index (χ1n) is 9.13. The van der Waals surface area contributed by atoms with Crippen molar-refractivity contribution < 1.29 is 19.1 Å². The Labute approximate surface area is 178 Å². The van der Waals surface area contributed by atoms with E-state index in [9.17, 15) is 14.4 Å². The number of benzene rings is 2. The van der Waals surface area contributed by atoms with Gasteiger partial charge in [-0.15, -0.1) is 0 Å². The Morgan fingerprint density at radius 1 is 1.17 bits per heavy atom. The first kappa shape index (κ1) is 21.2. The highest BCUT2D eigenvalue weighted by Crippen LogP contribution is 2.24. The van der Waals surface area contributed by atoms with Crippen LogP contribution >= 0.6 is 23.4 Å². The molecule has 1 aliphatic heterocycles. The Balaban J connectivity index is 1.46. The third-order valence-corrected chi connectivity index (χ3v) is 5.76. The van der Waals surface area contributed by atoms with Crippen LogP contribution < -0.4 is 15.4 Å². The van der Waals surface area contributed by atoms with Crippen LogP contribution in [0.15, 0.2) is 42.5 Å². The standard InChI is InChI=1S/C21H21ClN2O4S/c1-28-17-7-6-16(22)11-15(17)12-19(25)23-9-8-13-2-4-14(5-3-13)10-18-20(26)24-21(27)29-18/h2-7,11,18H,8-10,12H2,1H3,(H,23,25)(H,24,26,27)/t18-/m1/s1. The van der Waals surface area contributed by atoms with Crippen molar-refractivity contribution in [3.63, 3.8) is 0 Å². The van der Waals surface area contributed by atoms with Crippen LogP contribution in [0.25, 0.3) is 0 Å². The fraction of sp³-hybridized carbons (Fsp3) is 0.286. The molecule has 0 aromatic heterocycles. The van der Waals surface area contributed by atoms with Gasteiger partial charge in [0.05, 0.1) is 18.8 Å². The van der Waals surface area contributed by atoms with Gasteiger partial charge < -0.3 is 10.1 Å². The molecule has 1 fully saturated rings. The van der Waals surface area contributed by atoms with Crippen molar-refractivity contribution in [1.29, 1.82) is 0 Å². The number of nitrogens with one attached hydrogen (secondary N) is 2. The molecule has 0 aliphatic carbocycles. The Kier molecular flexibility index (Phi) is 7.17. The van der Waals surface area contributed by atoms with Crippen molar-refractivity contribution in [3.05, 3.63) is 64.2 Å². The summed E-state index contributed by atoms with van der Waals surface area (Å²) in [5.74, 6) is 0.301. The summed E-state index contributed by atoms with van der Waals surface area (Å²) in [7, 11) is 1.56. The van der Waals surface area contributed by atoms with Gasteiger partial charge in [-0.1, -0.05) is 47.6 Å². The van der Waals surface area contributed by atoms with E-state index < -0.39 is 0 Å². The van der Waals surface area contributed by atoms with Gasteiger partial charge in [0.25, 0.3) is 5.24 Å². The molecule has 1 aliphatic rings. The van der Waals surface area contributed by atoms with Crippen LogP contribution in [0.2, 0.25) is 5.02 Å². The second-order valence-corrected chi connectivity index (χ2v) is 8.25. The lowest BCUT2D eigenvalue weighted by atomic mass is 10.1. The zero-order chi connectivity index (χ0) is 20.8. The first-order valence-corrected chi connectivity index (χ1v) is 10.4. The van der Waals surface area contributed by atoms with Gasteiger partial charge >= 0.3 is 0 Å². The quantitative estimate of drug-likeness (QED) is 0.669. The maximum Gasteiger partial charge on any atom is 0.286 e. The number of imide groups is 1. The minimum absolute atomic E-state index is 0.101. The average molecular weight is 433 g/mol. The molecular weight excluding hydrogens is 412 g/mol. The molecule has 1 atom stereocenters. The van der Waals surface area contributed by atoms with Gasteiger partial charge in [0, 0.05) is 17.1 Å². The van der Waals surface area contributed by atoms with Gasteiger partial charge in [-0.25, -0.2) is 0 Å². The minimum atomic E-state index is -0.365. The third-order valence-electron chi connectivity index (χ3n) is 4.54. The zero-order valence-corrected chi connectivity index (χ0v) is 17.4. The molecule has 8 heteroatoms. The van der Waals surface area contributed by atoms with E-state index in [1.54, 1.807) is 25.3 Å². The van der Waals surface area contributed by atoms with Crippen LogP contribution in [0.4, 0.5) is 4.79 Å². The molecule has 2 aromatic carbocycles. The fourth-order valence-electron chi connectivity index (χ4n) is 3.05. The van der Waals surface area contributed by atoms with E-state index in [1.165, 1.54) is 0 Å². The minimum Gasteiger partial charge on any atom is -0.496 e. The Morgan fingerprint density at radius 2 is 1.90 bits per heavy atom. The molecule has 6 nitrogen and oxygen atoms in total. The number of ether oxygens (including phenoxy) is 1. The van der Waals surface area contributed by atoms with Crippen LogP contribution in [-0.2, 0) is 28.9 Å². The van der Waals surface area contributed by atoms with E-state index in [4.69, 9.17) is 16.3 Å². The van der Waals surface area contributed by atoms with E-state index in [2.05, 4.69) is 10.6 Å². The number of hydrogen-bond donors (Lipinski definition) is 2. The molecule has 3 amide bonds. The lowest BCUT2D eigenvalue weighted by Gasteiger charge is -2.10. The van der Waals surface area contributed by atoms with Gasteiger partial charge in [-0.2, -0.15) is 0 Å². The van der Waals surface area contributed by atoms with Gasteiger partial charge in [-0.3, -0.25) is 19.7 Å². The van der Waals surface area contributed by atoms with Crippen molar-refractivity contribution in [1.82, 2.24) is 10.6 Å². The number of carbonyl (C=O) groups is 3. The molecule has 2 N–H and O–H groups in total. The number of carbonyl (C=O) groups excluding carboxylic acids is 3. The van der Waals surface area contributed by atoms with E-state index in [1.807, 2.05) is 24.3 Å². The van der Waals surface area contributed by atoms with Crippen LogP contribution in [-0.4, -0.2) is 36.0 Å². The summed E-state index contributed by atoms with van der Waals surface area (Å²) in [6, 6.07) is 13.0. The molecule has 0 spiro atoms. The van der Waals surface area contributed by atoms with Crippen LogP contribution in [0, 0.1) is 0 Å². The maximum absolute atomic E-state index is 12.2. The molecule has 152 valence electrons. The summed E-state index contributed by atoms with van der Waals surface area (Å²) in [6.07, 6.45) is 1.40. The maximum atomic E-state index is 12.2. The summed E-state index contributed by atoms with van der Waals surface area (Å²) in [5.41, 5.74) is 2.82. The highest BCUT2D eigenvalue weighted by atomic mass is 35.5.